The lowest BCUT2D eigenvalue weighted by atomic mass is 9.87. The first-order valence-corrected chi connectivity index (χ1v) is 7.06. The van der Waals surface area contributed by atoms with Crippen molar-refractivity contribution in [3.05, 3.63) is 59.7 Å². The summed E-state index contributed by atoms with van der Waals surface area (Å²) in [5.74, 6) is 1.72. The summed E-state index contributed by atoms with van der Waals surface area (Å²) in [6.07, 6.45) is 0.875. The molecule has 2 aromatic carbocycles. The molecule has 0 spiro atoms. The van der Waals surface area contributed by atoms with Crippen LogP contribution in [0, 0.1) is 0 Å². The van der Waals surface area contributed by atoms with Gasteiger partial charge in [0.05, 0.1) is 0 Å². The first-order chi connectivity index (χ1) is 9.49. The van der Waals surface area contributed by atoms with Gasteiger partial charge in [-0.3, -0.25) is 0 Å². The van der Waals surface area contributed by atoms with E-state index in [0.717, 1.165) is 17.9 Å². The maximum absolute atomic E-state index is 5.89. The lowest BCUT2D eigenvalue weighted by Gasteiger charge is -2.19. The molecular weight excluding hydrogens is 246 g/mol. The molecule has 2 N–H and O–H groups in total. The molecule has 2 nitrogen and oxygen atoms in total. The summed E-state index contributed by atoms with van der Waals surface area (Å²) in [6.45, 7) is 7.28. The van der Waals surface area contributed by atoms with Crippen molar-refractivity contribution in [2.45, 2.75) is 32.6 Å². The topological polar surface area (TPSA) is 35.2 Å². The number of benzene rings is 2. The van der Waals surface area contributed by atoms with Crippen molar-refractivity contribution in [1.29, 1.82) is 0 Å². The van der Waals surface area contributed by atoms with E-state index in [2.05, 4.69) is 39.0 Å². The molecule has 0 aromatic heterocycles. The minimum absolute atomic E-state index is 0.166. The third kappa shape index (κ3) is 3.84. The van der Waals surface area contributed by atoms with Crippen molar-refractivity contribution in [3.8, 4) is 11.5 Å². The van der Waals surface area contributed by atoms with Crippen molar-refractivity contribution in [2.24, 2.45) is 5.73 Å². The maximum atomic E-state index is 5.89. The van der Waals surface area contributed by atoms with Gasteiger partial charge in [-0.05, 0) is 53.8 Å². The molecule has 2 heteroatoms. The summed E-state index contributed by atoms with van der Waals surface area (Å²) in [5.41, 5.74) is 8.26. The van der Waals surface area contributed by atoms with Gasteiger partial charge in [-0.2, -0.15) is 0 Å². The predicted molar refractivity (Wildman–Crippen MR) is 84.4 cm³/mol. The van der Waals surface area contributed by atoms with Crippen LogP contribution in [0.5, 0.6) is 11.5 Å². The van der Waals surface area contributed by atoms with Crippen LogP contribution in [0.3, 0.4) is 0 Å². The molecule has 0 saturated carbocycles. The Kier molecular flexibility index (Phi) is 4.46. The van der Waals surface area contributed by atoms with Gasteiger partial charge >= 0.3 is 0 Å². The number of hydrogen-bond donors (Lipinski definition) is 1. The normalized spacial score (nSPS) is 11.4. The van der Waals surface area contributed by atoms with Gasteiger partial charge in [0.1, 0.15) is 11.5 Å². The van der Waals surface area contributed by atoms with Crippen LogP contribution in [0.25, 0.3) is 0 Å². The lowest BCUT2D eigenvalue weighted by Crippen LogP contribution is -2.10. The van der Waals surface area contributed by atoms with Crippen LogP contribution in [-0.2, 0) is 11.8 Å². The number of ether oxygens (including phenoxy) is 1. The quantitative estimate of drug-likeness (QED) is 0.899. The Balaban J connectivity index is 2.12. The van der Waals surface area contributed by atoms with Gasteiger partial charge in [0.15, 0.2) is 0 Å². The molecule has 0 saturated heterocycles. The van der Waals surface area contributed by atoms with Crippen LogP contribution in [0.2, 0.25) is 0 Å². The van der Waals surface area contributed by atoms with E-state index in [4.69, 9.17) is 10.5 Å². The summed E-state index contributed by atoms with van der Waals surface area (Å²) < 4.78 is 5.89. The molecule has 0 heterocycles. The fourth-order valence-corrected chi connectivity index (χ4v) is 2.09. The van der Waals surface area contributed by atoms with Crippen LogP contribution in [0.4, 0.5) is 0 Å². The highest BCUT2D eigenvalue weighted by Crippen LogP contribution is 2.27. The van der Waals surface area contributed by atoms with Crippen LogP contribution < -0.4 is 10.5 Å². The van der Waals surface area contributed by atoms with Crippen LogP contribution in [0.1, 0.15) is 31.9 Å². The highest BCUT2D eigenvalue weighted by atomic mass is 16.5. The van der Waals surface area contributed by atoms with E-state index >= 15 is 0 Å². The summed E-state index contributed by atoms with van der Waals surface area (Å²) in [5, 5.41) is 0. The monoisotopic (exact) mass is 269 g/mol. The van der Waals surface area contributed by atoms with E-state index in [1.54, 1.807) is 0 Å². The van der Waals surface area contributed by atoms with Gasteiger partial charge in [-0.1, -0.05) is 45.0 Å². The summed E-state index contributed by atoms with van der Waals surface area (Å²) in [7, 11) is 0. The Labute approximate surface area is 121 Å². The zero-order valence-corrected chi connectivity index (χ0v) is 12.5. The Hall–Kier alpha value is -1.80. The number of rotatable bonds is 4. The maximum Gasteiger partial charge on any atom is 0.127 e. The van der Waals surface area contributed by atoms with Crippen LogP contribution in [0.15, 0.2) is 48.5 Å². The largest absolute Gasteiger partial charge is 0.457 e. The van der Waals surface area contributed by atoms with Gasteiger partial charge < -0.3 is 10.5 Å². The Morgan fingerprint density at radius 3 is 2.25 bits per heavy atom. The molecule has 20 heavy (non-hydrogen) atoms. The van der Waals surface area contributed by atoms with Crippen molar-refractivity contribution in [1.82, 2.24) is 0 Å². The number of hydrogen-bond acceptors (Lipinski definition) is 2. The second-order valence-electron chi connectivity index (χ2n) is 6.06. The minimum Gasteiger partial charge on any atom is -0.457 e. The molecule has 0 bridgehead atoms. The molecule has 0 aliphatic carbocycles. The predicted octanol–water partition coefficient (Wildman–Crippen LogP) is 4.28. The van der Waals surface area contributed by atoms with Crippen LogP contribution in [-0.4, -0.2) is 6.54 Å². The third-order valence-corrected chi connectivity index (χ3v) is 3.29. The SMILES string of the molecule is CC(C)(C)c1ccc(Oc2cccc(CCN)c2)cc1. The summed E-state index contributed by atoms with van der Waals surface area (Å²) >= 11 is 0. The van der Waals surface area contributed by atoms with Crippen molar-refractivity contribution in [3.63, 3.8) is 0 Å². The molecular formula is C18H23NO. The second kappa shape index (κ2) is 6.10. The first kappa shape index (κ1) is 14.6. The molecule has 0 aliphatic heterocycles. The molecule has 0 fully saturated rings. The van der Waals surface area contributed by atoms with Gasteiger partial charge in [0.2, 0.25) is 0 Å². The molecule has 2 rings (SSSR count). The summed E-state index contributed by atoms with van der Waals surface area (Å²) in [6, 6.07) is 16.4. The Morgan fingerprint density at radius 1 is 0.950 bits per heavy atom. The second-order valence-corrected chi connectivity index (χ2v) is 6.06. The smallest absolute Gasteiger partial charge is 0.127 e. The van der Waals surface area contributed by atoms with Gasteiger partial charge in [0.25, 0.3) is 0 Å². The van der Waals surface area contributed by atoms with E-state index in [1.807, 2.05) is 30.3 Å². The van der Waals surface area contributed by atoms with Crippen molar-refractivity contribution >= 4 is 0 Å². The van der Waals surface area contributed by atoms with Gasteiger partial charge in [-0.25, -0.2) is 0 Å². The third-order valence-electron chi connectivity index (χ3n) is 3.29. The van der Waals surface area contributed by atoms with Gasteiger partial charge in [0, 0.05) is 0 Å². The molecule has 0 unspecified atom stereocenters. The lowest BCUT2D eigenvalue weighted by molar-refractivity contribution is 0.480. The summed E-state index contributed by atoms with van der Waals surface area (Å²) in [4.78, 5) is 0. The standard InChI is InChI=1S/C18H23NO/c1-18(2,3)15-7-9-16(10-8-15)20-17-6-4-5-14(13-17)11-12-19/h4-10,13H,11-12,19H2,1-3H3. The fourth-order valence-electron chi connectivity index (χ4n) is 2.09. The molecule has 0 radical (unpaired) electrons. The van der Waals surface area contributed by atoms with Crippen molar-refractivity contribution in [2.75, 3.05) is 6.54 Å². The Bertz CT molecular complexity index is 552. The zero-order valence-electron chi connectivity index (χ0n) is 12.5. The van der Waals surface area contributed by atoms with Crippen molar-refractivity contribution < 1.29 is 4.74 Å². The van der Waals surface area contributed by atoms with E-state index in [-0.39, 0.29) is 5.41 Å². The highest BCUT2D eigenvalue weighted by Gasteiger charge is 2.13. The molecule has 0 atom stereocenters. The van der Waals surface area contributed by atoms with E-state index in [0.29, 0.717) is 6.54 Å². The average molecular weight is 269 g/mol. The fraction of sp³-hybridized carbons (Fsp3) is 0.333. The molecule has 0 amide bonds. The Morgan fingerprint density at radius 2 is 1.65 bits per heavy atom. The minimum atomic E-state index is 0.166. The highest BCUT2D eigenvalue weighted by molar-refractivity contribution is 5.36. The molecule has 2 aromatic rings. The van der Waals surface area contributed by atoms with Crippen LogP contribution >= 0.6 is 0 Å². The van der Waals surface area contributed by atoms with E-state index < -0.39 is 0 Å². The molecule has 0 aliphatic rings. The van der Waals surface area contributed by atoms with Gasteiger partial charge in [-0.15, -0.1) is 0 Å². The zero-order chi connectivity index (χ0) is 14.6. The van der Waals surface area contributed by atoms with E-state index in [1.165, 1.54) is 11.1 Å². The number of nitrogens with two attached hydrogens (primary N) is 1. The first-order valence-electron chi connectivity index (χ1n) is 7.06. The molecule has 106 valence electrons. The van der Waals surface area contributed by atoms with E-state index in [9.17, 15) is 0 Å². The average Bonchev–Trinajstić information content (AvgIpc) is 2.39.